The lowest BCUT2D eigenvalue weighted by atomic mass is 10.4. The Hall–Kier alpha value is -2.24. The highest BCUT2D eigenvalue weighted by molar-refractivity contribution is 5.49. The van der Waals surface area contributed by atoms with Crippen LogP contribution in [-0.4, -0.2) is 26.5 Å². The van der Waals surface area contributed by atoms with Gasteiger partial charge in [-0.3, -0.25) is 0 Å². The van der Waals surface area contributed by atoms with Gasteiger partial charge in [0.05, 0.1) is 0 Å². The predicted octanol–water partition coefficient (Wildman–Crippen LogP) is 1.83. The largest absolute Gasteiger partial charge is 0.370 e. The second-order valence-electron chi connectivity index (χ2n) is 3.41. The zero-order valence-corrected chi connectivity index (χ0v) is 9.59. The minimum atomic E-state index is 0.518. The van der Waals surface area contributed by atoms with Crippen molar-refractivity contribution in [1.29, 1.82) is 0 Å². The molecular weight excluding hydrogens is 216 g/mol. The van der Waals surface area contributed by atoms with E-state index in [-0.39, 0.29) is 0 Å². The summed E-state index contributed by atoms with van der Waals surface area (Å²) in [5, 5.41) is 6.20. The van der Waals surface area contributed by atoms with Gasteiger partial charge >= 0.3 is 0 Å². The third kappa shape index (κ3) is 3.37. The fourth-order valence-electron chi connectivity index (χ4n) is 1.25. The van der Waals surface area contributed by atoms with Gasteiger partial charge in [-0.05, 0) is 18.6 Å². The lowest BCUT2D eigenvalue weighted by Crippen LogP contribution is -2.05. The van der Waals surface area contributed by atoms with Gasteiger partial charge in [-0.25, -0.2) is 15.0 Å². The van der Waals surface area contributed by atoms with Crippen molar-refractivity contribution in [3.63, 3.8) is 0 Å². The molecule has 0 amide bonds. The van der Waals surface area contributed by atoms with Crippen LogP contribution < -0.4 is 10.6 Å². The molecule has 0 spiro atoms. The monoisotopic (exact) mass is 230 g/mol. The molecule has 2 aromatic heterocycles. The van der Waals surface area contributed by atoms with Crippen molar-refractivity contribution in [3.05, 3.63) is 30.9 Å². The number of aromatic nitrogens is 4. The van der Waals surface area contributed by atoms with E-state index in [1.165, 1.54) is 6.33 Å². The van der Waals surface area contributed by atoms with Crippen LogP contribution in [0.5, 0.6) is 0 Å². The molecule has 2 heterocycles. The molecule has 0 aliphatic rings. The minimum absolute atomic E-state index is 0.518. The van der Waals surface area contributed by atoms with E-state index in [4.69, 9.17) is 0 Å². The summed E-state index contributed by atoms with van der Waals surface area (Å²) in [4.78, 5) is 16.3. The maximum Gasteiger partial charge on any atom is 0.230 e. The Bertz CT molecular complexity index is 459. The Balaban J connectivity index is 2.06. The van der Waals surface area contributed by atoms with E-state index in [2.05, 4.69) is 37.5 Å². The predicted molar refractivity (Wildman–Crippen MR) is 66.1 cm³/mol. The maximum absolute atomic E-state index is 4.31. The smallest absolute Gasteiger partial charge is 0.230 e. The molecule has 0 aromatic carbocycles. The standard InChI is InChI=1S/C11H14N6/c1-2-5-13-9-4-7-14-11(16-9)17-10-3-6-12-8-15-10/h3-4,6-8H,2,5H2,1H3,(H2,12,13,14,15,16,17). The number of hydrogen-bond acceptors (Lipinski definition) is 6. The number of hydrogen-bond donors (Lipinski definition) is 2. The Labute approximate surface area is 99.6 Å². The topological polar surface area (TPSA) is 75.6 Å². The van der Waals surface area contributed by atoms with Gasteiger partial charge in [0.2, 0.25) is 5.95 Å². The average molecular weight is 230 g/mol. The molecule has 0 radical (unpaired) electrons. The summed E-state index contributed by atoms with van der Waals surface area (Å²) in [5.41, 5.74) is 0. The van der Waals surface area contributed by atoms with Gasteiger partial charge in [0.1, 0.15) is 18.0 Å². The lowest BCUT2D eigenvalue weighted by molar-refractivity contribution is 0.965. The molecule has 2 N–H and O–H groups in total. The molecule has 0 fully saturated rings. The van der Waals surface area contributed by atoms with Crippen LogP contribution in [0.2, 0.25) is 0 Å². The molecule has 6 nitrogen and oxygen atoms in total. The van der Waals surface area contributed by atoms with Crippen LogP contribution in [-0.2, 0) is 0 Å². The second kappa shape index (κ2) is 5.74. The summed E-state index contributed by atoms with van der Waals surface area (Å²) in [5.74, 6) is 2.00. The van der Waals surface area contributed by atoms with E-state index in [0.717, 1.165) is 18.8 Å². The van der Waals surface area contributed by atoms with Crippen LogP contribution in [0, 0.1) is 0 Å². The maximum atomic E-state index is 4.31. The van der Waals surface area contributed by atoms with Crippen LogP contribution in [0.15, 0.2) is 30.9 Å². The number of nitrogens with one attached hydrogen (secondary N) is 2. The molecule has 2 aromatic rings. The molecule has 0 aliphatic carbocycles. The van der Waals surface area contributed by atoms with E-state index in [0.29, 0.717) is 11.8 Å². The summed E-state index contributed by atoms with van der Waals surface area (Å²) in [7, 11) is 0. The average Bonchev–Trinajstić information content (AvgIpc) is 2.38. The molecule has 2 rings (SSSR count). The molecule has 17 heavy (non-hydrogen) atoms. The van der Waals surface area contributed by atoms with Crippen molar-refractivity contribution >= 4 is 17.6 Å². The van der Waals surface area contributed by atoms with E-state index < -0.39 is 0 Å². The van der Waals surface area contributed by atoms with Crippen LogP contribution in [0.1, 0.15) is 13.3 Å². The summed E-state index contributed by atoms with van der Waals surface area (Å²) < 4.78 is 0. The Morgan fingerprint density at radius 2 is 2.00 bits per heavy atom. The molecule has 0 saturated carbocycles. The van der Waals surface area contributed by atoms with E-state index in [1.54, 1.807) is 18.5 Å². The Morgan fingerprint density at radius 3 is 2.76 bits per heavy atom. The van der Waals surface area contributed by atoms with Gasteiger partial charge in [0, 0.05) is 18.9 Å². The number of anilines is 3. The molecule has 0 bridgehead atoms. The fourth-order valence-corrected chi connectivity index (χ4v) is 1.25. The number of nitrogens with zero attached hydrogens (tertiary/aromatic N) is 4. The van der Waals surface area contributed by atoms with Crippen LogP contribution in [0.3, 0.4) is 0 Å². The Kier molecular flexibility index (Phi) is 3.80. The zero-order chi connectivity index (χ0) is 11.9. The zero-order valence-electron chi connectivity index (χ0n) is 9.59. The molecule has 88 valence electrons. The molecule has 0 unspecified atom stereocenters. The molecule has 0 aliphatic heterocycles. The minimum Gasteiger partial charge on any atom is -0.370 e. The first-order valence-corrected chi connectivity index (χ1v) is 5.48. The van der Waals surface area contributed by atoms with Gasteiger partial charge in [0.15, 0.2) is 0 Å². The lowest BCUT2D eigenvalue weighted by Gasteiger charge is -2.06. The second-order valence-corrected chi connectivity index (χ2v) is 3.41. The summed E-state index contributed by atoms with van der Waals surface area (Å²) in [6.45, 7) is 3.00. The molecule has 0 saturated heterocycles. The van der Waals surface area contributed by atoms with Crippen molar-refractivity contribution < 1.29 is 0 Å². The highest BCUT2D eigenvalue weighted by atomic mass is 15.2. The van der Waals surface area contributed by atoms with Gasteiger partial charge < -0.3 is 10.6 Å². The number of rotatable bonds is 5. The van der Waals surface area contributed by atoms with E-state index >= 15 is 0 Å². The first kappa shape index (κ1) is 11.3. The van der Waals surface area contributed by atoms with Gasteiger partial charge in [0.25, 0.3) is 0 Å². The first-order valence-electron chi connectivity index (χ1n) is 5.48. The van der Waals surface area contributed by atoms with E-state index in [9.17, 15) is 0 Å². The highest BCUT2D eigenvalue weighted by Crippen LogP contribution is 2.10. The normalized spacial score (nSPS) is 9.94. The summed E-state index contributed by atoms with van der Waals surface area (Å²) >= 11 is 0. The first-order chi connectivity index (χ1) is 8.38. The third-order valence-electron chi connectivity index (χ3n) is 2.03. The molecular formula is C11H14N6. The quantitative estimate of drug-likeness (QED) is 0.816. The summed E-state index contributed by atoms with van der Waals surface area (Å²) in [6.07, 6.45) is 5.89. The van der Waals surface area contributed by atoms with Crippen molar-refractivity contribution in [1.82, 2.24) is 19.9 Å². The fraction of sp³-hybridized carbons (Fsp3) is 0.273. The van der Waals surface area contributed by atoms with Crippen LogP contribution in [0.25, 0.3) is 0 Å². The SMILES string of the molecule is CCCNc1ccnc(Nc2ccncn2)n1. The van der Waals surface area contributed by atoms with Gasteiger partial charge in [-0.1, -0.05) is 6.92 Å². The summed E-state index contributed by atoms with van der Waals surface area (Å²) in [6, 6.07) is 3.59. The van der Waals surface area contributed by atoms with Crippen molar-refractivity contribution in [2.45, 2.75) is 13.3 Å². The third-order valence-corrected chi connectivity index (χ3v) is 2.03. The van der Waals surface area contributed by atoms with E-state index in [1.807, 2.05) is 6.07 Å². The van der Waals surface area contributed by atoms with Crippen molar-refractivity contribution in [2.24, 2.45) is 0 Å². The van der Waals surface area contributed by atoms with Crippen molar-refractivity contribution in [3.8, 4) is 0 Å². The highest BCUT2D eigenvalue weighted by Gasteiger charge is 1.99. The van der Waals surface area contributed by atoms with Gasteiger partial charge in [-0.15, -0.1) is 0 Å². The molecule has 0 atom stereocenters. The molecule has 6 heteroatoms. The van der Waals surface area contributed by atoms with Crippen LogP contribution >= 0.6 is 0 Å². The van der Waals surface area contributed by atoms with Crippen molar-refractivity contribution in [2.75, 3.05) is 17.2 Å². The van der Waals surface area contributed by atoms with Gasteiger partial charge in [-0.2, -0.15) is 4.98 Å². The Morgan fingerprint density at radius 1 is 1.12 bits per heavy atom. The van der Waals surface area contributed by atoms with Crippen LogP contribution in [0.4, 0.5) is 17.6 Å².